The average Bonchev–Trinajstić information content (AvgIpc) is 2.03. The van der Waals surface area contributed by atoms with Crippen molar-refractivity contribution in [2.75, 3.05) is 7.11 Å². The van der Waals surface area contributed by atoms with Gasteiger partial charge < -0.3 is 9.84 Å². The summed E-state index contributed by atoms with van der Waals surface area (Å²) >= 11 is 5.72. The number of hydrogen-bond acceptors (Lipinski definition) is 4. The van der Waals surface area contributed by atoms with Crippen molar-refractivity contribution in [2.24, 2.45) is 0 Å². The molecule has 4 nitrogen and oxygen atoms in total. The lowest BCUT2D eigenvalue weighted by Gasteiger charge is -2.06. The molecule has 0 bridgehead atoms. The van der Waals surface area contributed by atoms with E-state index >= 15 is 0 Å². The number of aromatic nitrogens is 2. The summed E-state index contributed by atoms with van der Waals surface area (Å²) in [7, 11) is 1.47. The average molecular weight is 189 g/mol. The second kappa shape index (κ2) is 3.69. The number of halogens is 1. The molecule has 1 aromatic heterocycles. The number of aliphatic hydroxyl groups is 1. The summed E-state index contributed by atoms with van der Waals surface area (Å²) in [6.07, 6.45) is 0. The summed E-state index contributed by atoms with van der Waals surface area (Å²) in [4.78, 5) is 7.81. The molecular weight excluding hydrogens is 180 g/mol. The van der Waals surface area contributed by atoms with Gasteiger partial charge in [0, 0.05) is 0 Å². The number of aryl methyl sites for hydroxylation is 1. The van der Waals surface area contributed by atoms with Crippen molar-refractivity contribution in [3.63, 3.8) is 0 Å². The zero-order valence-corrected chi connectivity index (χ0v) is 7.59. The summed E-state index contributed by atoms with van der Waals surface area (Å²) in [5.41, 5.74) is 0.421. The van der Waals surface area contributed by atoms with Gasteiger partial charge >= 0.3 is 0 Å². The lowest BCUT2D eigenvalue weighted by molar-refractivity contribution is 0.270. The van der Waals surface area contributed by atoms with Gasteiger partial charge in [0.2, 0.25) is 5.88 Å². The third-order valence-corrected chi connectivity index (χ3v) is 1.69. The Bertz CT molecular complexity index is 291. The molecule has 0 spiro atoms. The highest BCUT2D eigenvalue weighted by molar-refractivity contribution is 6.30. The molecule has 0 aliphatic carbocycles. The summed E-state index contributed by atoms with van der Waals surface area (Å²) in [5.74, 6) is 0.851. The fourth-order valence-corrected chi connectivity index (χ4v) is 1.10. The Labute approximate surface area is 75.2 Å². The van der Waals surface area contributed by atoms with Gasteiger partial charge in [-0.1, -0.05) is 11.6 Å². The van der Waals surface area contributed by atoms with Crippen molar-refractivity contribution in [3.05, 3.63) is 16.5 Å². The van der Waals surface area contributed by atoms with Gasteiger partial charge in [-0.2, -0.15) is 4.98 Å². The van der Waals surface area contributed by atoms with E-state index < -0.39 is 0 Å². The van der Waals surface area contributed by atoms with Gasteiger partial charge in [0.25, 0.3) is 0 Å². The van der Waals surface area contributed by atoms with Crippen LogP contribution in [0.15, 0.2) is 0 Å². The first-order chi connectivity index (χ1) is 5.69. The van der Waals surface area contributed by atoms with Crippen molar-refractivity contribution in [2.45, 2.75) is 13.5 Å². The van der Waals surface area contributed by atoms with Crippen LogP contribution in [0.1, 0.15) is 11.4 Å². The summed E-state index contributed by atoms with van der Waals surface area (Å²) in [6.45, 7) is 1.48. The molecule has 0 aliphatic rings. The molecule has 0 atom stereocenters. The van der Waals surface area contributed by atoms with Gasteiger partial charge in [0.05, 0.1) is 19.3 Å². The topological polar surface area (TPSA) is 55.2 Å². The number of hydrogen-bond donors (Lipinski definition) is 1. The second-order valence-electron chi connectivity index (χ2n) is 2.21. The van der Waals surface area contributed by atoms with Crippen LogP contribution in [0.4, 0.5) is 0 Å². The molecule has 0 aliphatic heterocycles. The Kier molecular flexibility index (Phi) is 2.83. The first-order valence-corrected chi connectivity index (χ1v) is 3.74. The van der Waals surface area contributed by atoms with E-state index in [1.807, 2.05) is 0 Å². The van der Waals surface area contributed by atoms with Crippen LogP contribution in [0.5, 0.6) is 5.88 Å². The summed E-state index contributed by atoms with van der Waals surface area (Å²) in [5, 5.41) is 9.11. The normalized spacial score (nSPS) is 10.0. The van der Waals surface area contributed by atoms with Crippen LogP contribution in [0.25, 0.3) is 0 Å². The summed E-state index contributed by atoms with van der Waals surface area (Å²) in [6, 6.07) is 0. The maximum Gasteiger partial charge on any atom is 0.223 e. The Balaban J connectivity index is 3.24. The van der Waals surface area contributed by atoms with Gasteiger partial charge in [0.15, 0.2) is 0 Å². The molecular formula is C7H9ClN2O2. The van der Waals surface area contributed by atoms with E-state index in [-0.39, 0.29) is 11.8 Å². The molecule has 66 valence electrons. The van der Waals surface area contributed by atoms with Crippen molar-refractivity contribution >= 4 is 11.6 Å². The monoisotopic (exact) mass is 188 g/mol. The van der Waals surface area contributed by atoms with Crippen LogP contribution in [0.2, 0.25) is 5.15 Å². The quantitative estimate of drug-likeness (QED) is 0.702. The highest BCUT2D eigenvalue weighted by Gasteiger charge is 2.10. The predicted octanol–water partition coefficient (Wildman–Crippen LogP) is 0.939. The largest absolute Gasteiger partial charge is 0.481 e. The van der Waals surface area contributed by atoms with E-state index in [1.54, 1.807) is 6.92 Å². The molecule has 0 fully saturated rings. The van der Waals surface area contributed by atoms with Crippen molar-refractivity contribution < 1.29 is 9.84 Å². The van der Waals surface area contributed by atoms with E-state index in [4.69, 9.17) is 21.4 Å². The minimum absolute atomic E-state index is 0.220. The van der Waals surface area contributed by atoms with Crippen molar-refractivity contribution in [1.82, 2.24) is 9.97 Å². The molecule has 0 amide bonds. The molecule has 0 radical (unpaired) electrons. The third-order valence-electron chi connectivity index (χ3n) is 1.38. The first kappa shape index (κ1) is 9.22. The van der Waals surface area contributed by atoms with Gasteiger partial charge in [-0.15, -0.1) is 0 Å². The zero-order valence-electron chi connectivity index (χ0n) is 6.83. The highest BCUT2D eigenvalue weighted by Crippen LogP contribution is 2.22. The maximum absolute atomic E-state index is 8.88. The number of aliphatic hydroxyl groups excluding tert-OH is 1. The van der Waals surface area contributed by atoms with Crippen LogP contribution in [0, 0.1) is 6.92 Å². The number of nitrogens with zero attached hydrogens (tertiary/aromatic N) is 2. The molecule has 0 saturated heterocycles. The van der Waals surface area contributed by atoms with Crippen LogP contribution in [-0.2, 0) is 6.61 Å². The van der Waals surface area contributed by atoms with Gasteiger partial charge in [-0.05, 0) is 6.92 Å². The Morgan fingerprint density at radius 2 is 2.17 bits per heavy atom. The fraction of sp³-hybridized carbons (Fsp3) is 0.429. The smallest absolute Gasteiger partial charge is 0.223 e. The van der Waals surface area contributed by atoms with Gasteiger partial charge in [-0.25, -0.2) is 4.98 Å². The van der Waals surface area contributed by atoms with E-state index in [0.717, 1.165) is 0 Å². The SMILES string of the molecule is COc1nc(C)nc(Cl)c1CO. The Hall–Kier alpha value is -0.870. The Morgan fingerprint density at radius 1 is 1.50 bits per heavy atom. The lowest BCUT2D eigenvalue weighted by atomic mass is 10.3. The molecule has 1 rings (SSSR count). The third kappa shape index (κ3) is 1.65. The minimum Gasteiger partial charge on any atom is -0.481 e. The summed E-state index contributed by atoms with van der Waals surface area (Å²) < 4.78 is 4.90. The van der Waals surface area contributed by atoms with E-state index in [0.29, 0.717) is 17.3 Å². The van der Waals surface area contributed by atoms with E-state index in [1.165, 1.54) is 7.11 Å². The zero-order chi connectivity index (χ0) is 9.14. The van der Waals surface area contributed by atoms with Crippen LogP contribution < -0.4 is 4.74 Å². The molecule has 1 N–H and O–H groups in total. The molecule has 0 saturated carbocycles. The number of ether oxygens (including phenoxy) is 1. The number of rotatable bonds is 2. The van der Waals surface area contributed by atoms with E-state index in [9.17, 15) is 0 Å². The molecule has 12 heavy (non-hydrogen) atoms. The molecule has 1 aromatic rings. The second-order valence-corrected chi connectivity index (χ2v) is 2.57. The van der Waals surface area contributed by atoms with Gasteiger partial charge in [0.1, 0.15) is 11.0 Å². The standard InChI is InChI=1S/C7H9ClN2O2/c1-4-9-6(8)5(3-11)7(10-4)12-2/h11H,3H2,1-2H3. The highest BCUT2D eigenvalue weighted by atomic mass is 35.5. The lowest BCUT2D eigenvalue weighted by Crippen LogP contribution is -2.00. The fourth-order valence-electron chi connectivity index (χ4n) is 0.839. The Morgan fingerprint density at radius 3 is 2.67 bits per heavy atom. The maximum atomic E-state index is 8.88. The predicted molar refractivity (Wildman–Crippen MR) is 44.3 cm³/mol. The minimum atomic E-state index is -0.220. The number of methoxy groups -OCH3 is 1. The van der Waals surface area contributed by atoms with Crippen molar-refractivity contribution in [3.8, 4) is 5.88 Å². The first-order valence-electron chi connectivity index (χ1n) is 3.37. The van der Waals surface area contributed by atoms with Gasteiger partial charge in [-0.3, -0.25) is 0 Å². The molecule has 5 heteroatoms. The molecule has 0 unspecified atom stereocenters. The van der Waals surface area contributed by atoms with Crippen LogP contribution in [0.3, 0.4) is 0 Å². The van der Waals surface area contributed by atoms with Crippen LogP contribution >= 0.6 is 11.6 Å². The van der Waals surface area contributed by atoms with Crippen LogP contribution in [-0.4, -0.2) is 22.2 Å². The molecule has 0 aromatic carbocycles. The molecule has 1 heterocycles. The van der Waals surface area contributed by atoms with Crippen molar-refractivity contribution in [1.29, 1.82) is 0 Å². The van der Waals surface area contributed by atoms with E-state index in [2.05, 4.69) is 9.97 Å².